The Bertz CT molecular complexity index is 429. The van der Waals surface area contributed by atoms with Crippen LogP contribution in [0.15, 0.2) is 18.2 Å². The standard InChI is InChI=1S/C10H9F2NO4/c1-5(13(9(14)15)10(16)17)6-2-7(11)4-8(12)3-6/h2-5H,1H3,(H,14,15)(H,16,17). The van der Waals surface area contributed by atoms with Crippen molar-refractivity contribution in [1.29, 1.82) is 0 Å². The number of hydrogen-bond donors (Lipinski definition) is 2. The second-order valence-electron chi connectivity index (χ2n) is 3.31. The first kappa shape index (κ1) is 12.9. The van der Waals surface area contributed by atoms with Crippen LogP contribution >= 0.6 is 0 Å². The summed E-state index contributed by atoms with van der Waals surface area (Å²) in [5.41, 5.74) is -0.0766. The number of nitrogens with zero attached hydrogens (tertiary/aromatic N) is 1. The van der Waals surface area contributed by atoms with E-state index in [4.69, 9.17) is 10.2 Å². The van der Waals surface area contributed by atoms with Gasteiger partial charge in [-0.1, -0.05) is 0 Å². The Morgan fingerprint density at radius 3 is 1.88 bits per heavy atom. The van der Waals surface area contributed by atoms with E-state index in [1.165, 1.54) is 6.92 Å². The third-order valence-electron chi connectivity index (χ3n) is 2.17. The summed E-state index contributed by atoms with van der Waals surface area (Å²) in [5.74, 6) is -1.80. The highest BCUT2D eigenvalue weighted by atomic mass is 19.1. The Morgan fingerprint density at radius 2 is 1.53 bits per heavy atom. The molecule has 7 heteroatoms. The van der Waals surface area contributed by atoms with Crippen LogP contribution in [0.25, 0.3) is 0 Å². The molecular formula is C10H9F2NO4. The maximum Gasteiger partial charge on any atom is 0.417 e. The van der Waals surface area contributed by atoms with Crippen molar-refractivity contribution in [3.63, 3.8) is 0 Å². The summed E-state index contributed by atoms with van der Waals surface area (Å²) in [6.07, 6.45) is -3.43. The van der Waals surface area contributed by atoms with Gasteiger partial charge in [-0.2, -0.15) is 0 Å². The molecule has 0 aliphatic rings. The van der Waals surface area contributed by atoms with E-state index >= 15 is 0 Å². The lowest BCUT2D eigenvalue weighted by atomic mass is 10.1. The number of halogens is 2. The Balaban J connectivity index is 3.13. The zero-order valence-corrected chi connectivity index (χ0v) is 8.72. The predicted octanol–water partition coefficient (Wildman–Crippen LogP) is 2.68. The maximum absolute atomic E-state index is 12.9. The lowest BCUT2D eigenvalue weighted by Gasteiger charge is -2.21. The third-order valence-corrected chi connectivity index (χ3v) is 2.17. The number of benzene rings is 1. The lowest BCUT2D eigenvalue weighted by Crippen LogP contribution is -2.36. The number of carboxylic acid groups (broad SMARTS) is 2. The van der Waals surface area contributed by atoms with Gasteiger partial charge in [0.1, 0.15) is 11.6 Å². The first-order valence-electron chi connectivity index (χ1n) is 4.54. The lowest BCUT2D eigenvalue weighted by molar-refractivity contribution is 0.109. The molecule has 2 N–H and O–H groups in total. The van der Waals surface area contributed by atoms with Crippen molar-refractivity contribution < 1.29 is 28.6 Å². The normalized spacial score (nSPS) is 11.9. The Morgan fingerprint density at radius 1 is 1.12 bits per heavy atom. The number of carbonyl (C=O) groups is 2. The second-order valence-corrected chi connectivity index (χ2v) is 3.31. The van der Waals surface area contributed by atoms with Gasteiger partial charge in [-0.25, -0.2) is 23.3 Å². The molecule has 92 valence electrons. The van der Waals surface area contributed by atoms with E-state index < -0.39 is 29.9 Å². The molecular weight excluding hydrogens is 236 g/mol. The van der Waals surface area contributed by atoms with Gasteiger partial charge in [0.2, 0.25) is 0 Å². The molecule has 17 heavy (non-hydrogen) atoms. The minimum atomic E-state index is -1.71. The van der Waals surface area contributed by atoms with E-state index in [-0.39, 0.29) is 10.5 Å². The number of amides is 2. The summed E-state index contributed by atoms with van der Waals surface area (Å²) >= 11 is 0. The predicted molar refractivity (Wildman–Crippen MR) is 52.7 cm³/mol. The molecule has 2 amide bonds. The molecule has 1 aromatic rings. The van der Waals surface area contributed by atoms with Gasteiger partial charge in [0.05, 0.1) is 6.04 Å². The van der Waals surface area contributed by atoms with E-state index in [2.05, 4.69) is 0 Å². The molecule has 0 heterocycles. The third kappa shape index (κ3) is 2.90. The minimum Gasteiger partial charge on any atom is -0.465 e. The van der Waals surface area contributed by atoms with Gasteiger partial charge in [-0.15, -0.1) is 0 Å². The molecule has 5 nitrogen and oxygen atoms in total. The molecule has 0 aliphatic carbocycles. The van der Waals surface area contributed by atoms with Crippen LogP contribution in [-0.4, -0.2) is 27.3 Å². The van der Waals surface area contributed by atoms with E-state index in [0.29, 0.717) is 6.07 Å². The quantitative estimate of drug-likeness (QED) is 0.839. The minimum absolute atomic E-state index is 0.0637. The zero-order chi connectivity index (χ0) is 13.2. The average Bonchev–Trinajstić information content (AvgIpc) is 2.14. The first-order chi connectivity index (χ1) is 7.82. The summed E-state index contributed by atoms with van der Waals surface area (Å²) in [6, 6.07) is 1.18. The first-order valence-corrected chi connectivity index (χ1v) is 4.54. The summed E-state index contributed by atoms with van der Waals surface area (Å²) in [4.78, 5) is 21.4. The molecule has 0 fully saturated rings. The van der Waals surface area contributed by atoms with Gasteiger partial charge < -0.3 is 10.2 Å². The van der Waals surface area contributed by atoms with E-state index in [0.717, 1.165) is 12.1 Å². The van der Waals surface area contributed by atoms with Crippen LogP contribution in [0.1, 0.15) is 18.5 Å². The molecule has 0 spiro atoms. The monoisotopic (exact) mass is 245 g/mol. The average molecular weight is 245 g/mol. The molecule has 0 saturated carbocycles. The molecule has 0 radical (unpaired) electrons. The topological polar surface area (TPSA) is 77.8 Å². The molecule has 1 atom stereocenters. The van der Waals surface area contributed by atoms with Crippen LogP contribution in [0, 0.1) is 11.6 Å². The van der Waals surface area contributed by atoms with Crippen LogP contribution in [0.4, 0.5) is 18.4 Å². The van der Waals surface area contributed by atoms with Crippen LogP contribution < -0.4 is 0 Å². The van der Waals surface area contributed by atoms with Crippen molar-refractivity contribution in [2.45, 2.75) is 13.0 Å². The number of rotatable bonds is 2. The Kier molecular flexibility index (Phi) is 3.62. The smallest absolute Gasteiger partial charge is 0.417 e. The molecule has 0 aromatic heterocycles. The van der Waals surface area contributed by atoms with E-state index in [9.17, 15) is 18.4 Å². The summed E-state index contributed by atoms with van der Waals surface area (Å²) < 4.78 is 25.8. The number of imide groups is 1. The fourth-order valence-corrected chi connectivity index (χ4v) is 1.38. The zero-order valence-electron chi connectivity index (χ0n) is 8.72. The highest BCUT2D eigenvalue weighted by molar-refractivity contribution is 5.86. The highest BCUT2D eigenvalue weighted by Crippen LogP contribution is 2.22. The van der Waals surface area contributed by atoms with E-state index in [1.807, 2.05) is 0 Å². The van der Waals surface area contributed by atoms with Crippen LogP contribution in [0.2, 0.25) is 0 Å². The summed E-state index contributed by atoms with van der Waals surface area (Å²) in [5, 5.41) is 17.3. The Hall–Kier alpha value is -2.18. The van der Waals surface area contributed by atoms with Crippen molar-refractivity contribution in [2.75, 3.05) is 0 Å². The summed E-state index contributed by atoms with van der Waals surface area (Å²) in [6.45, 7) is 1.22. The summed E-state index contributed by atoms with van der Waals surface area (Å²) in [7, 11) is 0. The molecule has 0 bridgehead atoms. The molecule has 0 saturated heterocycles. The second kappa shape index (κ2) is 4.77. The van der Waals surface area contributed by atoms with Gasteiger partial charge in [-0.05, 0) is 24.6 Å². The van der Waals surface area contributed by atoms with Crippen LogP contribution in [0.3, 0.4) is 0 Å². The molecule has 1 aromatic carbocycles. The molecule has 0 aliphatic heterocycles. The molecule has 1 rings (SSSR count). The maximum atomic E-state index is 12.9. The van der Waals surface area contributed by atoms with Gasteiger partial charge in [0.15, 0.2) is 0 Å². The van der Waals surface area contributed by atoms with Crippen molar-refractivity contribution in [2.24, 2.45) is 0 Å². The van der Waals surface area contributed by atoms with Gasteiger partial charge in [0.25, 0.3) is 0 Å². The molecule has 1 unspecified atom stereocenters. The highest BCUT2D eigenvalue weighted by Gasteiger charge is 2.27. The van der Waals surface area contributed by atoms with Gasteiger partial charge >= 0.3 is 12.2 Å². The van der Waals surface area contributed by atoms with Crippen molar-refractivity contribution in [1.82, 2.24) is 4.90 Å². The van der Waals surface area contributed by atoms with Crippen molar-refractivity contribution in [3.05, 3.63) is 35.4 Å². The van der Waals surface area contributed by atoms with Gasteiger partial charge in [0, 0.05) is 6.07 Å². The fourth-order valence-electron chi connectivity index (χ4n) is 1.38. The van der Waals surface area contributed by atoms with Crippen molar-refractivity contribution in [3.8, 4) is 0 Å². The van der Waals surface area contributed by atoms with Crippen LogP contribution in [-0.2, 0) is 0 Å². The number of hydrogen-bond acceptors (Lipinski definition) is 2. The largest absolute Gasteiger partial charge is 0.465 e. The SMILES string of the molecule is CC(c1cc(F)cc(F)c1)N(C(=O)O)C(=O)O. The van der Waals surface area contributed by atoms with Crippen LogP contribution in [0.5, 0.6) is 0 Å². The Labute approximate surface area is 94.9 Å². The van der Waals surface area contributed by atoms with E-state index in [1.54, 1.807) is 0 Å². The van der Waals surface area contributed by atoms with Gasteiger partial charge in [-0.3, -0.25) is 0 Å². The van der Waals surface area contributed by atoms with Crippen molar-refractivity contribution >= 4 is 12.2 Å². The fraction of sp³-hybridized carbons (Fsp3) is 0.200.